The van der Waals surface area contributed by atoms with E-state index in [4.69, 9.17) is 9.47 Å². The molecule has 1 saturated heterocycles. The molecule has 0 spiro atoms. The van der Waals surface area contributed by atoms with Crippen molar-refractivity contribution in [3.63, 3.8) is 0 Å². The zero-order valence-electron chi connectivity index (χ0n) is 17.0. The van der Waals surface area contributed by atoms with Crippen molar-refractivity contribution < 1.29 is 14.3 Å². The monoisotopic (exact) mass is 381 g/mol. The van der Waals surface area contributed by atoms with Gasteiger partial charge in [0.15, 0.2) is 0 Å². The van der Waals surface area contributed by atoms with Crippen molar-refractivity contribution in [2.75, 3.05) is 20.8 Å². The van der Waals surface area contributed by atoms with Gasteiger partial charge in [0.25, 0.3) is 0 Å². The molecule has 1 aromatic rings. The van der Waals surface area contributed by atoms with Crippen LogP contribution in [0.1, 0.15) is 50.5 Å². The number of rotatable bonds is 4. The average molecular weight is 382 g/mol. The fourth-order valence-electron chi connectivity index (χ4n) is 6.77. The number of hydrogen-bond acceptors (Lipinski definition) is 3. The molecule has 4 saturated carbocycles. The molecule has 1 aromatic carbocycles. The Labute approximate surface area is 167 Å². The smallest absolute Gasteiger partial charge is 0.250 e. The molecule has 4 heteroatoms. The van der Waals surface area contributed by atoms with Crippen molar-refractivity contribution >= 4 is 12.0 Å². The molecule has 0 aromatic heterocycles. The van der Waals surface area contributed by atoms with Crippen LogP contribution in [-0.2, 0) is 4.79 Å². The molecule has 1 amide bonds. The van der Waals surface area contributed by atoms with Gasteiger partial charge < -0.3 is 14.4 Å². The maximum Gasteiger partial charge on any atom is 0.250 e. The Morgan fingerprint density at radius 1 is 0.929 bits per heavy atom. The third-order valence-corrected chi connectivity index (χ3v) is 7.63. The lowest BCUT2D eigenvalue weighted by atomic mass is 9.53. The van der Waals surface area contributed by atoms with Gasteiger partial charge in [0.1, 0.15) is 11.5 Å². The summed E-state index contributed by atoms with van der Waals surface area (Å²) in [5.74, 6) is 5.16. The minimum absolute atomic E-state index is 0.269. The largest absolute Gasteiger partial charge is 0.497 e. The number of benzene rings is 1. The summed E-state index contributed by atoms with van der Waals surface area (Å²) in [5, 5.41) is 0. The summed E-state index contributed by atoms with van der Waals surface area (Å²) in [6.45, 7) is 0.935. The van der Waals surface area contributed by atoms with Gasteiger partial charge in [0.2, 0.25) is 5.91 Å². The highest BCUT2D eigenvalue weighted by molar-refractivity contribution is 5.98. The van der Waals surface area contributed by atoms with E-state index in [1.807, 2.05) is 18.2 Å². The van der Waals surface area contributed by atoms with Crippen LogP contribution in [0.25, 0.3) is 6.08 Å². The van der Waals surface area contributed by atoms with Crippen molar-refractivity contribution in [1.82, 2.24) is 4.90 Å². The van der Waals surface area contributed by atoms with Crippen LogP contribution in [0.3, 0.4) is 0 Å². The summed E-state index contributed by atoms with van der Waals surface area (Å²) >= 11 is 0. The lowest BCUT2D eigenvalue weighted by molar-refractivity contribution is -0.141. The predicted molar refractivity (Wildman–Crippen MR) is 109 cm³/mol. The van der Waals surface area contributed by atoms with Crippen molar-refractivity contribution in [1.29, 1.82) is 0 Å². The number of likely N-dealkylation sites (tertiary alicyclic amines) is 1. The van der Waals surface area contributed by atoms with E-state index < -0.39 is 0 Å². The number of carbonyl (C=O) groups excluding carboxylic acids is 1. The molecule has 5 fully saturated rings. The Morgan fingerprint density at radius 3 is 2.11 bits per heavy atom. The number of ether oxygens (including phenoxy) is 2. The van der Waals surface area contributed by atoms with E-state index in [-0.39, 0.29) is 5.91 Å². The third-order valence-electron chi connectivity index (χ3n) is 7.63. The zero-order valence-corrected chi connectivity index (χ0v) is 17.0. The second kappa shape index (κ2) is 7.13. The summed E-state index contributed by atoms with van der Waals surface area (Å²) < 4.78 is 10.8. The number of amides is 1. The van der Waals surface area contributed by atoms with E-state index in [1.54, 1.807) is 14.2 Å². The van der Waals surface area contributed by atoms with Gasteiger partial charge in [-0.05, 0) is 92.4 Å². The molecule has 0 atom stereocenters. The van der Waals surface area contributed by atoms with Crippen LogP contribution in [0.2, 0.25) is 0 Å². The molecule has 0 radical (unpaired) electrons. The first kappa shape index (κ1) is 18.1. The van der Waals surface area contributed by atoms with Crippen LogP contribution in [0, 0.1) is 23.7 Å². The van der Waals surface area contributed by atoms with E-state index in [0.29, 0.717) is 6.04 Å². The van der Waals surface area contributed by atoms with Crippen molar-refractivity contribution in [3.05, 3.63) is 29.3 Å². The molecule has 5 aliphatic rings. The first-order valence-corrected chi connectivity index (χ1v) is 10.9. The molecular weight excluding hydrogens is 350 g/mol. The number of methoxy groups -OCH3 is 2. The molecular formula is C24H31NO3. The topological polar surface area (TPSA) is 38.8 Å². The van der Waals surface area contributed by atoms with Crippen LogP contribution in [-0.4, -0.2) is 37.6 Å². The molecule has 4 bridgehead atoms. The third kappa shape index (κ3) is 3.11. The molecule has 6 rings (SSSR count). The number of piperidine rings is 1. The first-order chi connectivity index (χ1) is 13.6. The SMILES string of the molecule is COc1cc(/C=C2\CCCN(C3C4CC5CC(C4)CC3C5)C2=O)cc(OC)c1. The van der Waals surface area contributed by atoms with Gasteiger partial charge in [-0.25, -0.2) is 0 Å². The van der Waals surface area contributed by atoms with Gasteiger partial charge in [-0.3, -0.25) is 4.79 Å². The van der Waals surface area contributed by atoms with E-state index in [2.05, 4.69) is 11.0 Å². The maximum absolute atomic E-state index is 13.5. The summed E-state index contributed by atoms with van der Waals surface area (Å²) in [6, 6.07) is 6.31. The van der Waals surface area contributed by atoms with E-state index >= 15 is 0 Å². The summed E-state index contributed by atoms with van der Waals surface area (Å²) in [5.41, 5.74) is 1.92. The minimum atomic E-state index is 0.269. The van der Waals surface area contributed by atoms with Gasteiger partial charge in [-0.15, -0.1) is 0 Å². The van der Waals surface area contributed by atoms with Crippen LogP contribution in [0.15, 0.2) is 23.8 Å². The maximum atomic E-state index is 13.5. The van der Waals surface area contributed by atoms with Gasteiger partial charge in [-0.1, -0.05) is 0 Å². The zero-order chi connectivity index (χ0) is 19.3. The molecule has 4 nitrogen and oxygen atoms in total. The first-order valence-electron chi connectivity index (χ1n) is 10.9. The van der Waals surface area contributed by atoms with E-state index in [0.717, 1.165) is 65.7 Å². The van der Waals surface area contributed by atoms with E-state index in [1.165, 1.54) is 32.1 Å². The van der Waals surface area contributed by atoms with Gasteiger partial charge in [0, 0.05) is 24.2 Å². The highest BCUT2D eigenvalue weighted by Gasteiger charge is 2.51. The number of carbonyl (C=O) groups is 1. The Kier molecular flexibility index (Phi) is 4.60. The summed E-state index contributed by atoms with van der Waals surface area (Å²) in [4.78, 5) is 15.7. The minimum Gasteiger partial charge on any atom is -0.497 e. The Bertz CT molecular complexity index is 749. The normalized spacial score (nSPS) is 35.5. The van der Waals surface area contributed by atoms with Crippen molar-refractivity contribution in [2.45, 2.75) is 51.0 Å². The second-order valence-corrected chi connectivity index (χ2v) is 9.34. The standard InChI is InChI=1S/C24H31NO3/c1-27-21-12-17(13-22(14-21)28-2)7-18-4-3-5-25(24(18)26)23-19-8-15-6-16(10-19)11-20(23)9-15/h7,12-16,19-20,23H,3-6,8-11H2,1-2H3/b18-7+. The molecule has 0 N–H and O–H groups in total. The fourth-order valence-corrected chi connectivity index (χ4v) is 6.77. The Morgan fingerprint density at radius 2 is 1.54 bits per heavy atom. The summed E-state index contributed by atoms with van der Waals surface area (Å²) in [7, 11) is 3.32. The molecule has 1 heterocycles. The van der Waals surface area contributed by atoms with Crippen LogP contribution in [0.5, 0.6) is 11.5 Å². The van der Waals surface area contributed by atoms with Crippen molar-refractivity contribution in [3.8, 4) is 11.5 Å². The number of nitrogens with zero attached hydrogens (tertiary/aromatic N) is 1. The molecule has 1 aliphatic heterocycles. The van der Waals surface area contributed by atoms with Crippen LogP contribution >= 0.6 is 0 Å². The highest BCUT2D eigenvalue weighted by atomic mass is 16.5. The van der Waals surface area contributed by atoms with Crippen molar-refractivity contribution in [2.24, 2.45) is 23.7 Å². The highest BCUT2D eigenvalue weighted by Crippen LogP contribution is 2.55. The van der Waals surface area contributed by atoms with Crippen LogP contribution in [0.4, 0.5) is 0 Å². The second-order valence-electron chi connectivity index (χ2n) is 9.34. The van der Waals surface area contributed by atoms with Crippen LogP contribution < -0.4 is 9.47 Å². The van der Waals surface area contributed by atoms with Gasteiger partial charge in [0.05, 0.1) is 14.2 Å². The Balaban J connectivity index is 1.40. The van der Waals surface area contributed by atoms with Gasteiger partial charge >= 0.3 is 0 Å². The van der Waals surface area contributed by atoms with Gasteiger partial charge in [-0.2, -0.15) is 0 Å². The lowest BCUT2D eigenvalue weighted by Gasteiger charge is -2.57. The molecule has 28 heavy (non-hydrogen) atoms. The quantitative estimate of drug-likeness (QED) is 0.719. The number of hydrogen-bond donors (Lipinski definition) is 0. The lowest BCUT2D eigenvalue weighted by Crippen LogP contribution is -2.58. The molecule has 0 unspecified atom stereocenters. The van der Waals surface area contributed by atoms with E-state index in [9.17, 15) is 4.79 Å². The average Bonchev–Trinajstić information content (AvgIpc) is 2.69. The predicted octanol–water partition coefficient (Wildman–Crippen LogP) is 4.53. The Hall–Kier alpha value is -1.97. The summed E-state index contributed by atoms with van der Waals surface area (Å²) in [6.07, 6.45) is 10.9. The molecule has 4 aliphatic carbocycles. The molecule has 150 valence electrons. The fraction of sp³-hybridized carbons (Fsp3) is 0.625.